The molecule has 20 heavy (non-hydrogen) atoms. The maximum absolute atomic E-state index is 12.6. The number of hydrogen-bond acceptors (Lipinski definition) is 2. The van der Waals surface area contributed by atoms with Gasteiger partial charge in [0.15, 0.2) is 0 Å². The molecule has 0 saturated carbocycles. The summed E-state index contributed by atoms with van der Waals surface area (Å²) in [6, 6.07) is 8.52. The number of rotatable bonds is 2. The SMILES string of the molecule is CC(C)N1CCN(C(=O)c2c[nH]c3ccccc23)CC1. The average molecular weight is 271 g/mol. The predicted octanol–water partition coefficient (Wildman–Crippen LogP) is 2.33. The van der Waals surface area contributed by atoms with Gasteiger partial charge in [0.25, 0.3) is 5.91 Å². The standard InChI is InChI=1S/C16H21N3O/c1-12(2)18-7-9-19(10-8-18)16(20)14-11-17-15-6-4-3-5-13(14)15/h3-6,11-12,17H,7-10H2,1-2H3. The Balaban J connectivity index is 1.77. The van der Waals surface area contributed by atoms with Crippen molar-refractivity contribution in [3.05, 3.63) is 36.0 Å². The molecule has 1 fully saturated rings. The van der Waals surface area contributed by atoms with Gasteiger partial charge in [0.1, 0.15) is 0 Å². The molecule has 0 radical (unpaired) electrons. The van der Waals surface area contributed by atoms with Gasteiger partial charge in [-0.1, -0.05) is 18.2 Å². The number of carbonyl (C=O) groups is 1. The Morgan fingerprint density at radius 2 is 1.85 bits per heavy atom. The largest absolute Gasteiger partial charge is 0.360 e. The fourth-order valence-electron chi connectivity index (χ4n) is 2.86. The number of fused-ring (bicyclic) bond motifs is 1. The first kappa shape index (κ1) is 13.2. The third kappa shape index (κ3) is 2.31. The second-order valence-electron chi connectivity index (χ2n) is 5.67. The van der Waals surface area contributed by atoms with Crippen LogP contribution < -0.4 is 0 Å². The minimum Gasteiger partial charge on any atom is -0.360 e. The average Bonchev–Trinajstić information content (AvgIpc) is 2.90. The van der Waals surface area contributed by atoms with Crippen LogP contribution in [0.3, 0.4) is 0 Å². The van der Waals surface area contributed by atoms with Crippen molar-refractivity contribution < 1.29 is 4.79 Å². The topological polar surface area (TPSA) is 39.3 Å². The number of carbonyl (C=O) groups excluding carboxylic acids is 1. The van der Waals surface area contributed by atoms with Gasteiger partial charge in [-0.05, 0) is 19.9 Å². The van der Waals surface area contributed by atoms with E-state index in [-0.39, 0.29) is 5.91 Å². The van der Waals surface area contributed by atoms with E-state index in [1.807, 2.05) is 35.4 Å². The van der Waals surface area contributed by atoms with Crippen molar-refractivity contribution in [3.63, 3.8) is 0 Å². The Labute approximate surface area is 119 Å². The molecule has 1 aromatic heterocycles. The molecule has 1 aliphatic rings. The molecule has 0 spiro atoms. The molecule has 1 aliphatic heterocycles. The van der Waals surface area contributed by atoms with Crippen molar-refractivity contribution in [3.8, 4) is 0 Å². The molecule has 1 amide bonds. The highest BCUT2D eigenvalue weighted by atomic mass is 16.2. The van der Waals surface area contributed by atoms with Crippen LogP contribution in [0.25, 0.3) is 10.9 Å². The molecule has 4 nitrogen and oxygen atoms in total. The summed E-state index contributed by atoms with van der Waals surface area (Å²) in [5.41, 5.74) is 1.82. The van der Waals surface area contributed by atoms with E-state index >= 15 is 0 Å². The quantitative estimate of drug-likeness (QED) is 0.910. The Morgan fingerprint density at radius 1 is 1.15 bits per heavy atom. The first-order chi connectivity index (χ1) is 9.66. The van der Waals surface area contributed by atoms with E-state index in [0.29, 0.717) is 6.04 Å². The second-order valence-corrected chi connectivity index (χ2v) is 5.67. The highest BCUT2D eigenvalue weighted by Crippen LogP contribution is 2.20. The Morgan fingerprint density at radius 3 is 2.55 bits per heavy atom. The number of aromatic amines is 1. The number of nitrogens with zero attached hydrogens (tertiary/aromatic N) is 2. The molecule has 0 atom stereocenters. The van der Waals surface area contributed by atoms with Crippen molar-refractivity contribution in [1.29, 1.82) is 0 Å². The van der Waals surface area contributed by atoms with Crippen molar-refractivity contribution in [1.82, 2.24) is 14.8 Å². The predicted molar refractivity (Wildman–Crippen MR) is 80.9 cm³/mol. The van der Waals surface area contributed by atoms with Gasteiger partial charge in [0.05, 0.1) is 5.56 Å². The first-order valence-corrected chi connectivity index (χ1v) is 7.26. The van der Waals surface area contributed by atoms with Gasteiger partial charge in [0.2, 0.25) is 0 Å². The van der Waals surface area contributed by atoms with Crippen LogP contribution in [0.5, 0.6) is 0 Å². The summed E-state index contributed by atoms with van der Waals surface area (Å²) >= 11 is 0. The molecule has 4 heteroatoms. The van der Waals surface area contributed by atoms with Crippen LogP contribution in [0.1, 0.15) is 24.2 Å². The number of nitrogens with one attached hydrogen (secondary N) is 1. The maximum Gasteiger partial charge on any atom is 0.256 e. The van der Waals surface area contributed by atoms with E-state index < -0.39 is 0 Å². The molecule has 1 aromatic carbocycles. The molecule has 1 N–H and O–H groups in total. The normalized spacial score (nSPS) is 17.1. The highest BCUT2D eigenvalue weighted by molar-refractivity contribution is 6.06. The van der Waals surface area contributed by atoms with Gasteiger partial charge in [-0.2, -0.15) is 0 Å². The van der Waals surface area contributed by atoms with Crippen LogP contribution in [0.2, 0.25) is 0 Å². The monoisotopic (exact) mass is 271 g/mol. The van der Waals surface area contributed by atoms with Gasteiger partial charge >= 0.3 is 0 Å². The molecular formula is C16H21N3O. The van der Waals surface area contributed by atoms with Crippen LogP contribution in [0.4, 0.5) is 0 Å². The van der Waals surface area contributed by atoms with Crippen LogP contribution in [0, 0.1) is 0 Å². The van der Waals surface area contributed by atoms with Gasteiger partial charge in [0, 0.05) is 49.3 Å². The number of H-pyrrole nitrogens is 1. The molecular weight excluding hydrogens is 250 g/mol. The molecule has 2 aromatic rings. The van der Waals surface area contributed by atoms with Crippen LogP contribution in [-0.2, 0) is 0 Å². The van der Waals surface area contributed by atoms with Crippen molar-refractivity contribution in [2.75, 3.05) is 26.2 Å². The smallest absolute Gasteiger partial charge is 0.256 e. The summed E-state index contributed by atoms with van der Waals surface area (Å²) in [7, 11) is 0. The Hall–Kier alpha value is -1.81. The summed E-state index contributed by atoms with van der Waals surface area (Å²) < 4.78 is 0. The summed E-state index contributed by atoms with van der Waals surface area (Å²) in [6.07, 6.45) is 1.84. The van der Waals surface area contributed by atoms with Crippen LogP contribution >= 0.6 is 0 Å². The van der Waals surface area contributed by atoms with Crippen LogP contribution in [-0.4, -0.2) is 52.9 Å². The van der Waals surface area contributed by atoms with Crippen molar-refractivity contribution in [2.24, 2.45) is 0 Å². The van der Waals surface area contributed by atoms with E-state index in [2.05, 4.69) is 23.7 Å². The number of aromatic nitrogens is 1. The fraction of sp³-hybridized carbons (Fsp3) is 0.438. The van der Waals surface area contributed by atoms with Gasteiger partial charge in [-0.3, -0.25) is 9.69 Å². The van der Waals surface area contributed by atoms with Crippen molar-refractivity contribution >= 4 is 16.8 Å². The molecule has 0 bridgehead atoms. The zero-order chi connectivity index (χ0) is 14.1. The Bertz CT molecular complexity index is 609. The van der Waals surface area contributed by atoms with Gasteiger partial charge < -0.3 is 9.88 Å². The van der Waals surface area contributed by atoms with E-state index in [4.69, 9.17) is 0 Å². The minimum absolute atomic E-state index is 0.144. The van der Waals surface area contributed by atoms with E-state index in [0.717, 1.165) is 42.6 Å². The third-order valence-corrected chi connectivity index (χ3v) is 4.15. The maximum atomic E-state index is 12.6. The highest BCUT2D eigenvalue weighted by Gasteiger charge is 2.24. The number of amides is 1. The number of benzene rings is 1. The Kier molecular flexibility index (Phi) is 3.49. The van der Waals surface area contributed by atoms with Gasteiger partial charge in [-0.25, -0.2) is 0 Å². The van der Waals surface area contributed by atoms with E-state index in [1.54, 1.807) is 0 Å². The third-order valence-electron chi connectivity index (χ3n) is 4.15. The zero-order valence-corrected chi connectivity index (χ0v) is 12.1. The minimum atomic E-state index is 0.144. The summed E-state index contributed by atoms with van der Waals surface area (Å²) in [4.78, 5) is 20.2. The number of hydrogen-bond donors (Lipinski definition) is 1. The molecule has 2 heterocycles. The van der Waals surface area contributed by atoms with Gasteiger partial charge in [-0.15, -0.1) is 0 Å². The first-order valence-electron chi connectivity index (χ1n) is 7.26. The molecule has 0 aliphatic carbocycles. The lowest BCUT2D eigenvalue weighted by Gasteiger charge is -2.36. The summed E-state index contributed by atoms with van der Waals surface area (Å²) in [5, 5.41) is 1.02. The lowest BCUT2D eigenvalue weighted by molar-refractivity contribution is 0.0597. The number of piperazine rings is 1. The zero-order valence-electron chi connectivity index (χ0n) is 12.1. The summed E-state index contributed by atoms with van der Waals surface area (Å²) in [5.74, 6) is 0.144. The molecule has 3 rings (SSSR count). The second kappa shape index (κ2) is 5.29. The van der Waals surface area contributed by atoms with Crippen LogP contribution in [0.15, 0.2) is 30.5 Å². The number of para-hydroxylation sites is 1. The molecule has 106 valence electrons. The molecule has 1 saturated heterocycles. The summed E-state index contributed by atoms with van der Waals surface area (Å²) in [6.45, 7) is 7.97. The van der Waals surface area contributed by atoms with E-state index in [1.165, 1.54) is 0 Å². The fourth-order valence-corrected chi connectivity index (χ4v) is 2.86. The van der Waals surface area contributed by atoms with Crippen molar-refractivity contribution in [2.45, 2.75) is 19.9 Å². The molecule has 0 unspecified atom stereocenters. The van der Waals surface area contributed by atoms with E-state index in [9.17, 15) is 4.79 Å². The lowest BCUT2D eigenvalue weighted by atomic mass is 10.1. The lowest BCUT2D eigenvalue weighted by Crippen LogP contribution is -2.50.